The Morgan fingerprint density at radius 2 is 2.21 bits per heavy atom. The second kappa shape index (κ2) is 7.45. The van der Waals surface area contributed by atoms with Crippen LogP contribution in [0, 0.1) is 0 Å². The van der Waals surface area contributed by atoms with E-state index in [-0.39, 0.29) is 28.2 Å². The Kier molecular flexibility index (Phi) is 5.51. The fourth-order valence-electron chi connectivity index (χ4n) is 2.55. The molecule has 10 heteroatoms. The highest BCUT2D eigenvalue weighted by Gasteiger charge is 2.45. The third-order valence-corrected chi connectivity index (χ3v) is 4.28. The van der Waals surface area contributed by atoms with Crippen molar-refractivity contribution in [1.29, 1.82) is 0 Å². The molecule has 0 saturated carbocycles. The van der Waals surface area contributed by atoms with Gasteiger partial charge in [0, 0.05) is 6.61 Å². The van der Waals surface area contributed by atoms with Crippen molar-refractivity contribution in [2.75, 3.05) is 13.2 Å². The SMILES string of the molecule is CCCCOC[C@H]1O[C@H](n2cnc3c(Cl)nc(Cl)nc32)[C@H](F)C1O. The van der Waals surface area contributed by atoms with Gasteiger partial charge in [0.15, 0.2) is 23.2 Å². The molecule has 0 radical (unpaired) electrons. The van der Waals surface area contributed by atoms with Crippen LogP contribution in [0.5, 0.6) is 0 Å². The summed E-state index contributed by atoms with van der Waals surface area (Å²) in [5, 5.41) is 10.1. The second-order valence-corrected chi connectivity index (χ2v) is 6.23. The molecule has 0 aliphatic carbocycles. The molecule has 2 aromatic heterocycles. The first-order valence-corrected chi connectivity index (χ1v) is 8.39. The van der Waals surface area contributed by atoms with E-state index in [4.69, 9.17) is 32.7 Å². The lowest BCUT2D eigenvalue weighted by Crippen LogP contribution is -2.31. The molecule has 3 rings (SSSR count). The monoisotopic (exact) mass is 378 g/mol. The summed E-state index contributed by atoms with van der Waals surface area (Å²) < 4.78 is 26.9. The minimum Gasteiger partial charge on any atom is -0.387 e. The van der Waals surface area contributed by atoms with Crippen LogP contribution in [-0.4, -0.2) is 56.2 Å². The van der Waals surface area contributed by atoms with E-state index in [1.165, 1.54) is 10.9 Å². The predicted octanol–water partition coefficient (Wildman–Crippen LogP) is 2.55. The summed E-state index contributed by atoms with van der Waals surface area (Å²) in [6, 6.07) is 0. The van der Waals surface area contributed by atoms with Gasteiger partial charge in [-0.2, -0.15) is 4.98 Å². The molecule has 1 aliphatic rings. The molecule has 4 atom stereocenters. The number of nitrogens with zero attached hydrogens (tertiary/aromatic N) is 4. The van der Waals surface area contributed by atoms with Gasteiger partial charge in [-0.1, -0.05) is 24.9 Å². The van der Waals surface area contributed by atoms with E-state index in [0.717, 1.165) is 12.8 Å². The first kappa shape index (κ1) is 17.8. The minimum atomic E-state index is -1.66. The number of unbranched alkanes of at least 4 members (excludes halogenated alkanes) is 1. The van der Waals surface area contributed by atoms with Crippen molar-refractivity contribution in [1.82, 2.24) is 19.5 Å². The maximum atomic E-state index is 14.5. The second-order valence-electron chi connectivity index (χ2n) is 5.54. The van der Waals surface area contributed by atoms with Gasteiger partial charge < -0.3 is 14.6 Å². The Bertz CT molecular complexity index is 717. The molecule has 1 N–H and O–H groups in total. The molecule has 3 heterocycles. The predicted molar refractivity (Wildman–Crippen MR) is 85.9 cm³/mol. The van der Waals surface area contributed by atoms with E-state index < -0.39 is 24.6 Å². The van der Waals surface area contributed by atoms with E-state index in [1.54, 1.807) is 0 Å². The molecule has 132 valence electrons. The molecule has 1 unspecified atom stereocenters. The van der Waals surface area contributed by atoms with Crippen LogP contribution in [0.25, 0.3) is 11.2 Å². The molecule has 2 aromatic rings. The summed E-state index contributed by atoms with van der Waals surface area (Å²) in [5.74, 6) is 0. The number of fused-ring (bicyclic) bond motifs is 1. The number of hydrogen-bond acceptors (Lipinski definition) is 6. The zero-order valence-electron chi connectivity index (χ0n) is 12.9. The van der Waals surface area contributed by atoms with Crippen LogP contribution in [0.3, 0.4) is 0 Å². The topological polar surface area (TPSA) is 82.3 Å². The van der Waals surface area contributed by atoms with Gasteiger partial charge in [-0.15, -0.1) is 0 Å². The minimum absolute atomic E-state index is 0.0668. The molecule has 1 aliphatic heterocycles. The average Bonchev–Trinajstić information content (AvgIpc) is 3.07. The van der Waals surface area contributed by atoms with Crippen molar-refractivity contribution in [2.24, 2.45) is 0 Å². The summed E-state index contributed by atoms with van der Waals surface area (Å²) in [6.45, 7) is 2.69. The molecule has 1 saturated heterocycles. The van der Waals surface area contributed by atoms with E-state index in [0.29, 0.717) is 6.61 Å². The van der Waals surface area contributed by atoms with Crippen LogP contribution >= 0.6 is 23.2 Å². The highest BCUT2D eigenvalue weighted by molar-refractivity contribution is 6.35. The molecule has 0 aromatic carbocycles. The van der Waals surface area contributed by atoms with E-state index in [9.17, 15) is 9.50 Å². The maximum absolute atomic E-state index is 14.5. The lowest BCUT2D eigenvalue weighted by atomic mass is 10.1. The molecule has 1 fully saturated rings. The van der Waals surface area contributed by atoms with Gasteiger partial charge in [0.1, 0.15) is 17.7 Å². The van der Waals surface area contributed by atoms with Crippen molar-refractivity contribution < 1.29 is 19.0 Å². The van der Waals surface area contributed by atoms with Gasteiger partial charge in [0.2, 0.25) is 5.28 Å². The van der Waals surface area contributed by atoms with Gasteiger partial charge in [-0.05, 0) is 18.0 Å². The van der Waals surface area contributed by atoms with Crippen molar-refractivity contribution in [3.63, 3.8) is 0 Å². The van der Waals surface area contributed by atoms with E-state index in [2.05, 4.69) is 15.0 Å². The summed E-state index contributed by atoms with van der Waals surface area (Å²) in [6.07, 6.45) is -1.60. The Hall–Kier alpha value is -1.06. The van der Waals surface area contributed by atoms with Gasteiger partial charge in [-0.25, -0.2) is 14.4 Å². The number of rotatable bonds is 6. The third kappa shape index (κ3) is 3.34. The van der Waals surface area contributed by atoms with Gasteiger partial charge in [-0.3, -0.25) is 4.57 Å². The highest BCUT2D eigenvalue weighted by Crippen LogP contribution is 2.34. The van der Waals surface area contributed by atoms with Crippen molar-refractivity contribution >= 4 is 34.4 Å². The summed E-state index contributed by atoms with van der Waals surface area (Å²) in [7, 11) is 0. The van der Waals surface area contributed by atoms with Crippen LogP contribution in [-0.2, 0) is 9.47 Å². The van der Waals surface area contributed by atoms with Gasteiger partial charge in [0.25, 0.3) is 0 Å². The number of imidazole rings is 1. The number of ether oxygens (including phenoxy) is 2. The summed E-state index contributed by atoms with van der Waals surface area (Å²) in [4.78, 5) is 11.9. The Labute approximate surface area is 147 Å². The fourth-order valence-corrected chi connectivity index (χ4v) is 2.98. The molecular formula is C14H17Cl2FN4O3. The van der Waals surface area contributed by atoms with Crippen LogP contribution < -0.4 is 0 Å². The number of hydrogen-bond donors (Lipinski definition) is 1. The number of halogens is 3. The molecule has 0 amide bonds. The van der Waals surface area contributed by atoms with Crippen molar-refractivity contribution in [3.8, 4) is 0 Å². The van der Waals surface area contributed by atoms with Crippen LogP contribution in [0.4, 0.5) is 4.39 Å². The number of alkyl halides is 1. The average molecular weight is 379 g/mol. The molecule has 24 heavy (non-hydrogen) atoms. The van der Waals surface area contributed by atoms with Crippen LogP contribution in [0.1, 0.15) is 26.0 Å². The normalized spacial score (nSPS) is 27.2. The molecule has 7 nitrogen and oxygen atoms in total. The summed E-state index contributed by atoms with van der Waals surface area (Å²) >= 11 is 11.8. The van der Waals surface area contributed by atoms with Crippen molar-refractivity contribution in [2.45, 2.75) is 44.4 Å². The smallest absolute Gasteiger partial charge is 0.225 e. The van der Waals surface area contributed by atoms with Gasteiger partial charge >= 0.3 is 0 Å². The summed E-state index contributed by atoms with van der Waals surface area (Å²) in [5.41, 5.74) is 0.529. The number of aliphatic hydroxyl groups is 1. The highest BCUT2D eigenvalue weighted by atomic mass is 35.5. The third-order valence-electron chi connectivity index (χ3n) is 3.84. The van der Waals surface area contributed by atoms with Crippen LogP contribution in [0.2, 0.25) is 10.4 Å². The number of aromatic nitrogens is 4. The van der Waals surface area contributed by atoms with Crippen molar-refractivity contribution in [3.05, 3.63) is 16.8 Å². The lowest BCUT2D eigenvalue weighted by Gasteiger charge is -2.15. The first-order valence-electron chi connectivity index (χ1n) is 7.63. The largest absolute Gasteiger partial charge is 0.387 e. The Morgan fingerprint density at radius 1 is 1.42 bits per heavy atom. The molecular weight excluding hydrogens is 362 g/mol. The van der Waals surface area contributed by atoms with Crippen LogP contribution in [0.15, 0.2) is 6.33 Å². The number of aliphatic hydroxyl groups excluding tert-OH is 1. The lowest BCUT2D eigenvalue weighted by molar-refractivity contribution is -0.0631. The van der Waals surface area contributed by atoms with E-state index in [1.807, 2.05) is 6.92 Å². The maximum Gasteiger partial charge on any atom is 0.225 e. The Balaban J connectivity index is 1.80. The van der Waals surface area contributed by atoms with Gasteiger partial charge in [0.05, 0.1) is 12.9 Å². The fraction of sp³-hybridized carbons (Fsp3) is 0.643. The quantitative estimate of drug-likeness (QED) is 0.472. The zero-order valence-corrected chi connectivity index (χ0v) is 14.4. The Morgan fingerprint density at radius 3 is 2.96 bits per heavy atom. The molecule has 0 spiro atoms. The standard InChI is InChI=1S/C14H17Cl2FN4O3/c1-2-3-4-23-5-7-10(22)8(17)13(24-7)21-6-18-9-11(15)19-14(16)20-12(9)21/h6-8,10,13,22H,2-5H2,1H3/t7-,8-,10?,13+/m1/s1. The molecule has 0 bridgehead atoms. The van der Waals surface area contributed by atoms with E-state index >= 15 is 0 Å². The first-order chi connectivity index (χ1) is 11.5. The zero-order chi connectivity index (χ0) is 17.3.